The van der Waals surface area contributed by atoms with Crippen LogP contribution in [0.2, 0.25) is 0 Å². The molecule has 1 aliphatic carbocycles. The third-order valence-corrected chi connectivity index (χ3v) is 15.0. The number of esters is 1. The van der Waals surface area contributed by atoms with E-state index < -0.39 is 11.6 Å². The standard InChI is InChI=1S/C65H55NO6/c1-43-11-27-53(28-12-43)66(60-40-16-47-14-13-45-9-8-10-46-15-39-59(60)62(47)61(45)46)54-29-17-48(18-30-54)64(3,49-19-31-55(69-4)32-20-49)50-21-33-57(34-22-50)71-63(68)72-58-37-25-52(26-38-58)65(41-6-5-7-42-65)51-23-35-56(36-24-51)70-44(2)67/h8-40H,5-7,41-42H2,1-4H3. The van der Waals surface area contributed by atoms with Gasteiger partial charge in [-0.3, -0.25) is 4.79 Å². The number of methoxy groups -OCH3 is 1. The third kappa shape index (κ3) is 8.55. The summed E-state index contributed by atoms with van der Waals surface area (Å²) in [5.41, 5.74) is 9.10. The van der Waals surface area contributed by atoms with Gasteiger partial charge in [0.2, 0.25) is 0 Å². The highest BCUT2D eigenvalue weighted by molar-refractivity contribution is 6.25. The maximum absolute atomic E-state index is 13.3. The number of ether oxygens (including phenoxy) is 4. The molecule has 11 rings (SSSR count). The molecule has 1 atom stereocenters. The van der Waals surface area contributed by atoms with Crippen LogP contribution in [0.3, 0.4) is 0 Å². The van der Waals surface area contributed by atoms with Crippen LogP contribution in [0.25, 0.3) is 32.3 Å². The van der Waals surface area contributed by atoms with E-state index in [1.165, 1.54) is 56.8 Å². The summed E-state index contributed by atoms with van der Waals surface area (Å²) in [4.78, 5) is 27.2. The van der Waals surface area contributed by atoms with Crippen LogP contribution in [-0.2, 0) is 15.6 Å². The summed E-state index contributed by atoms with van der Waals surface area (Å²) in [7, 11) is 1.68. The van der Waals surface area contributed by atoms with Crippen LogP contribution in [0.1, 0.15) is 79.3 Å². The lowest BCUT2D eigenvalue weighted by Crippen LogP contribution is -2.30. The average molecular weight is 946 g/mol. The zero-order chi connectivity index (χ0) is 49.4. The van der Waals surface area contributed by atoms with Gasteiger partial charge in [-0.25, -0.2) is 4.79 Å². The molecule has 0 spiro atoms. The molecule has 10 aromatic rings. The highest BCUT2D eigenvalue weighted by Gasteiger charge is 2.36. The second-order valence-corrected chi connectivity index (χ2v) is 19.3. The highest BCUT2D eigenvalue weighted by atomic mass is 16.7. The fourth-order valence-corrected chi connectivity index (χ4v) is 11.2. The van der Waals surface area contributed by atoms with E-state index in [1.807, 2.05) is 72.8 Å². The maximum Gasteiger partial charge on any atom is 0.519 e. The van der Waals surface area contributed by atoms with E-state index in [0.717, 1.165) is 70.7 Å². The van der Waals surface area contributed by atoms with Crippen molar-refractivity contribution in [3.63, 3.8) is 0 Å². The first-order valence-corrected chi connectivity index (χ1v) is 24.8. The van der Waals surface area contributed by atoms with E-state index in [1.54, 1.807) is 7.11 Å². The Morgan fingerprint density at radius 1 is 0.486 bits per heavy atom. The van der Waals surface area contributed by atoms with Crippen molar-refractivity contribution >= 4 is 61.5 Å². The summed E-state index contributed by atoms with van der Waals surface area (Å²) in [6, 6.07) is 69.1. The number of anilines is 3. The van der Waals surface area contributed by atoms with Crippen LogP contribution in [-0.4, -0.2) is 19.2 Å². The molecular formula is C65H55NO6. The Morgan fingerprint density at radius 3 is 1.46 bits per heavy atom. The van der Waals surface area contributed by atoms with E-state index in [9.17, 15) is 9.59 Å². The summed E-state index contributed by atoms with van der Waals surface area (Å²) >= 11 is 0. The summed E-state index contributed by atoms with van der Waals surface area (Å²) in [6.07, 6.45) is 4.58. The van der Waals surface area contributed by atoms with Crippen LogP contribution in [0, 0.1) is 6.92 Å². The predicted molar refractivity (Wildman–Crippen MR) is 289 cm³/mol. The number of hydrogen-bond acceptors (Lipinski definition) is 7. The third-order valence-electron chi connectivity index (χ3n) is 15.0. The molecule has 0 N–H and O–H groups in total. The Balaban J connectivity index is 0.871. The van der Waals surface area contributed by atoms with Crippen molar-refractivity contribution in [3.8, 4) is 23.0 Å². The van der Waals surface area contributed by atoms with Crippen LogP contribution in [0.4, 0.5) is 21.9 Å². The molecule has 1 fully saturated rings. The predicted octanol–water partition coefficient (Wildman–Crippen LogP) is 16.5. The van der Waals surface area contributed by atoms with Gasteiger partial charge in [-0.05, 0) is 160 Å². The number of benzene rings is 10. The number of hydrogen-bond donors (Lipinski definition) is 0. The van der Waals surface area contributed by atoms with Crippen LogP contribution in [0.15, 0.2) is 200 Å². The first-order chi connectivity index (χ1) is 35.1. The van der Waals surface area contributed by atoms with Gasteiger partial charge in [0.25, 0.3) is 0 Å². The molecule has 0 radical (unpaired) electrons. The molecule has 7 heteroatoms. The molecule has 7 nitrogen and oxygen atoms in total. The normalized spacial score (nSPS) is 14.2. The lowest BCUT2D eigenvalue weighted by atomic mass is 9.65. The quantitative estimate of drug-likeness (QED) is 0.0397. The average Bonchev–Trinajstić information content (AvgIpc) is 3.41. The number of aryl methyl sites for hydroxylation is 1. The molecule has 1 aliphatic rings. The van der Waals surface area contributed by atoms with Gasteiger partial charge in [0.15, 0.2) is 0 Å². The van der Waals surface area contributed by atoms with Gasteiger partial charge >= 0.3 is 12.1 Å². The van der Waals surface area contributed by atoms with E-state index in [2.05, 4.69) is 146 Å². The molecule has 1 unspecified atom stereocenters. The largest absolute Gasteiger partial charge is 0.519 e. The molecular weight excluding hydrogens is 891 g/mol. The van der Waals surface area contributed by atoms with Crippen molar-refractivity contribution in [1.29, 1.82) is 0 Å². The van der Waals surface area contributed by atoms with Gasteiger partial charge < -0.3 is 23.8 Å². The Labute approximate surface area is 420 Å². The highest BCUT2D eigenvalue weighted by Crippen LogP contribution is 2.48. The molecule has 10 aromatic carbocycles. The van der Waals surface area contributed by atoms with Crippen LogP contribution >= 0.6 is 0 Å². The Bertz CT molecular complexity index is 3530. The molecule has 356 valence electrons. The molecule has 72 heavy (non-hydrogen) atoms. The lowest BCUT2D eigenvalue weighted by molar-refractivity contribution is -0.131. The second-order valence-electron chi connectivity index (χ2n) is 19.3. The SMILES string of the molecule is COc1ccc(C(C)(c2ccc(OC(=O)Oc3ccc(C4(c5ccc(OC(C)=O)cc5)CCCCC4)cc3)cc2)c2ccc(N(c3ccc(C)cc3)c3ccc4ccc5cccc6ccc3c4c56)cc2)cc1. The van der Waals surface area contributed by atoms with Crippen LogP contribution < -0.4 is 23.8 Å². The van der Waals surface area contributed by atoms with E-state index in [0.29, 0.717) is 17.2 Å². The molecule has 0 aliphatic heterocycles. The number of nitrogens with zero attached hydrogens (tertiary/aromatic N) is 1. The van der Waals surface area contributed by atoms with Crippen molar-refractivity contribution in [3.05, 3.63) is 234 Å². The minimum absolute atomic E-state index is 0.190. The minimum Gasteiger partial charge on any atom is -0.497 e. The number of carbonyl (C=O) groups is 2. The minimum atomic E-state index is -0.819. The topological polar surface area (TPSA) is 74.3 Å². The maximum atomic E-state index is 13.3. The van der Waals surface area contributed by atoms with Gasteiger partial charge in [-0.2, -0.15) is 0 Å². The van der Waals surface area contributed by atoms with Crippen LogP contribution in [0.5, 0.6) is 23.0 Å². The zero-order valence-electron chi connectivity index (χ0n) is 41.0. The zero-order valence-corrected chi connectivity index (χ0v) is 41.0. The van der Waals surface area contributed by atoms with Gasteiger partial charge in [-0.1, -0.05) is 146 Å². The Morgan fingerprint density at radius 2 is 0.931 bits per heavy atom. The molecule has 1 saturated carbocycles. The van der Waals surface area contributed by atoms with Gasteiger partial charge in [0, 0.05) is 34.5 Å². The first kappa shape index (κ1) is 46.0. The lowest BCUT2D eigenvalue weighted by Gasteiger charge is -2.38. The Kier molecular flexibility index (Phi) is 12.2. The fraction of sp³-hybridized carbons (Fsp3) is 0.169. The molecule has 0 aromatic heterocycles. The van der Waals surface area contributed by atoms with Crippen molar-refractivity contribution in [2.24, 2.45) is 0 Å². The van der Waals surface area contributed by atoms with Gasteiger partial charge in [0.05, 0.1) is 12.8 Å². The second kappa shape index (κ2) is 19.1. The first-order valence-electron chi connectivity index (χ1n) is 24.8. The number of rotatable bonds is 12. The van der Waals surface area contributed by atoms with Crippen molar-refractivity contribution in [1.82, 2.24) is 0 Å². The molecule has 0 bridgehead atoms. The van der Waals surface area contributed by atoms with E-state index in [-0.39, 0.29) is 11.4 Å². The molecule has 0 heterocycles. The molecule has 0 amide bonds. The monoisotopic (exact) mass is 945 g/mol. The summed E-state index contributed by atoms with van der Waals surface area (Å²) in [5, 5.41) is 7.44. The Hall–Kier alpha value is -8.42. The van der Waals surface area contributed by atoms with E-state index >= 15 is 0 Å². The summed E-state index contributed by atoms with van der Waals surface area (Å²) < 4.78 is 22.4. The van der Waals surface area contributed by atoms with E-state index in [4.69, 9.17) is 18.9 Å². The van der Waals surface area contributed by atoms with Gasteiger partial charge in [-0.15, -0.1) is 0 Å². The fourth-order valence-electron chi connectivity index (χ4n) is 11.2. The number of carbonyl (C=O) groups excluding carboxylic acids is 2. The van der Waals surface area contributed by atoms with Gasteiger partial charge in [0.1, 0.15) is 23.0 Å². The smallest absolute Gasteiger partial charge is 0.497 e. The summed E-state index contributed by atoms with van der Waals surface area (Å²) in [5.74, 6) is 1.73. The van der Waals surface area contributed by atoms with Crippen molar-refractivity contribution < 1.29 is 28.5 Å². The van der Waals surface area contributed by atoms with Crippen molar-refractivity contribution in [2.75, 3.05) is 12.0 Å². The molecule has 0 saturated heterocycles. The van der Waals surface area contributed by atoms with Crippen molar-refractivity contribution in [2.45, 2.75) is 63.7 Å². The summed E-state index contributed by atoms with van der Waals surface area (Å²) in [6.45, 7) is 5.75.